The molecule has 5 nitrogen and oxygen atoms in total. The monoisotopic (exact) mass is 227 g/mol. The number of β-amino-alcohol motifs (C(OH)–C–C–N with tert-alkyl or cyclic N) is 1. The first-order valence-electron chi connectivity index (χ1n) is 4.48. The van der Waals surface area contributed by atoms with Crippen LogP contribution in [0.15, 0.2) is 12.3 Å². The number of aromatic nitrogens is 1. The van der Waals surface area contributed by atoms with Crippen molar-refractivity contribution >= 4 is 28.9 Å². The van der Waals surface area contributed by atoms with Crippen LogP contribution in [0.3, 0.4) is 0 Å². The Kier molecular flexibility index (Phi) is 2.50. The third kappa shape index (κ3) is 1.75. The molecule has 2 heterocycles. The van der Waals surface area contributed by atoms with Crippen molar-refractivity contribution in [2.24, 2.45) is 0 Å². The van der Waals surface area contributed by atoms with Crippen LogP contribution in [0, 0.1) is 0 Å². The molecule has 15 heavy (non-hydrogen) atoms. The van der Waals surface area contributed by atoms with Gasteiger partial charge in [0.05, 0.1) is 30.4 Å². The van der Waals surface area contributed by atoms with Crippen LogP contribution in [0.5, 0.6) is 0 Å². The normalized spacial score (nSPS) is 21.1. The molecule has 1 fully saturated rings. The van der Waals surface area contributed by atoms with Crippen molar-refractivity contribution < 1.29 is 9.90 Å². The molecule has 0 saturated carbocycles. The Labute approximate surface area is 91.5 Å². The lowest BCUT2D eigenvalue weighted by Crippen LogP contribution is -2.26. The van der Waals surface area contributed by atoms with E-state index in [0.29, 0.717) is 5.69 Å². The fraction of sp³-hybridized carbons (Fsp3) is 0.333. The molecule has 1 saturated heterocycles. The minimum absolute atomic E-state index is 0.124. The molecule has 80 valence electrons. The van der Waals surface area contributed by atoms with Crippen LogP contribution in [0.4, 0.5) is 11.4 Å². The van der Waals surface area contributed by atoms with E-state index in [1.54, 1.807) is 6.07 Å². The van der Waals surface area contributed by atoms with Gasteiger partial charge in [-0.1, -0.05) is 11.6 Å². The van der Waals surface area contributed by atoms with Gasteiger partial charge in [0.25, 0.3) is 0 Å². The summed E-state index contributed by atoms with van der Waals surface area (Å²) < 4.78 is 0. The number of pyridine rings is 1. The zero-order valence-corrected chi connectivity index (χ0v) is 8.61. The van der Waals surface area contributed by atoms with Gasteiger partial charge in [-0.2, -0.15) is 0 Å². The maximum Gasteiger partial charge on any atom is 0.229 e. The van der Waals surface area contributed by atoms with Crippen molar-refractivity contribution in [1.29, 1.82) is 0 Å². The molecule has 1 atom stereocenters. The van der Waals surface area contributed by atoms with E-state index in [4.69, 9.17) is 17.3 Å². The number of aliphatic hydroxyl groups is 1. The third-order valence-electron chi connectivity index (χ3n) is 2.31. The third-order valence-corrected chi connectivity index (χ3v) is 2.62. The summed E-state index contributed by atoms with van der Waals surface area (Å²) in [5, 5.41) is 9.51. The van der Waals surface area contributed by atoms with Gasteiger partial charge in [0.1, 0.15) is 0 Å². The number of nitrogens with two attached hydrogens (primary N) is 1. The number of nitrogen functional groups attached to an aromatic ring is 1. The van der Waals surface area contributed by atoms with Crippen molar-refractivity contribution in [2.45, 2.75) is 12.5 Å². The van der Waals surface area contributed by atoms with Gasteiger partial charge >= 0.3 is 0 Å². The van der Waals surface area contributed by atoms with E-state index in [1.165, 1.54) is 11.1 Å². The van der Waals surface area contributed by atoms with Gasteiger partial charge in [0.2, 0.25) is 5.91 Å². The molecule has 0 radical (unpaired) electrons. The highest BCUT2D eigenvalue weighted by Crippen LogP contribution is 2.30. The van der Waals surface area contributed by atoms with Gasteiger partial charge in [0.15, 0.2) is 5.15 Å². The highest BCUT2D eigenvalue weighted by atomic mass is 35.5. The summed E-state index contributed by atoms with van der Waals surface area (Å²) in [7, 11) is 0. The van der Waals surface area contributed by atoms with Crippen molar-refractivity contribution in [3.8, 4) is 0 Å². The smallest absolute Gasteiger partial charge is 0.229 e. The first-order chi connectivity index (χ1) is 7.09. The molecule has 1 aliphatic heterocycles. The van der Waals surface area contributed by atoms with Crippen molar-refractivity contribution in [2.75, 3.05) is 17.2 Å². The number of hydrogen-bond donors (Lipinski definition) is 2. The van der Waals surface area contributed by atoms with E-state index in [9.17, 15) is 9.90 Å². The van der Waals surface area contributed by atoms with Crippen LogP contribution in [0.2, 0.25) is 5.15 Å². The number of carbonyl (C=O) groups excluding carboxylic acids is 1. The highest BCUT2D eigenvalue weighted by Gasteiger charge is 2.30. The molecular weight excluding hydrogens is 218 g/mol. The summed E-state index contributed by atoms with van der Waals surface area (Å²) in [5.41, 5.74) is 6.48. The zero-order chi connectivity index (χ0) is 11.0. The van der Waals surface area contributed by atoms with Crippen molar-refractivity contribution in [3.63, 3.8) is 0 Å². The number of aliphatic hydroxyl groups excluding tert-OH is 1. The number of halogens is 1. The first-order valence-corrected chi connectivity index (χ1v) is 4.86. The van der Waals surface area contributed by atoms with Crippen LogP contribution in [-0.2, 0) is 4.79 Å². The zero-order valence-electron chi connectivity index (χ0n) is 7.85. The van der Waals surface area contributed by atoms with Crippen molar-refractivity contribution in [1.82, 2.24) is 4.98 Å². The summed E-state index contributed by atoms with van der Waals surface area (Å²) in [6.07, 6.45) is 0.967. The largest absolute Gasteiger partial charge is 0.395 e. The number of hydrogen-bond acceptors (Lipinski definition) is 4. The van der Waals surface area contributed by atoms with Gasteiger partial charge in [-0.3, -0.25) is 4.79 Å². The quantitative estimate of drug-likeness (QED) is 0.682. The second-order valence-corrected chi connectivity index (χ2v) is 3.75. The Bertz CT molecular complexity index is 410. The van der Waals surface area contributed by atoms with Gasteiger partial charge in [0, 0.05) is 6.20 Å². The van der Waals surface area contributed by atoms with Crippen molar-refractivity contribution in [3.05, 3.63) is 17.4 Å². The lowest BCUT2D eigenvalue weighted by molar-refractivity contribution is -0.117. The minimum Gasteiger partial charge on any atom is -0.395 e. The van der Waals surface area contributed by atoms with Crippen LogP contribution >= 0.6 is 11.6 Å². The number of anilines is 2. The van der Waals surface area contributed by atoms with Gasteiger partial charge in [-0.15, -0.1) is 0 Å². The molecular formula is C9H10ClN3O2. The Morgan fingerprint density at radius 1 is 1.67 bits per heavy atom. The minimum atomic E-state index is -0.635. The van der Waals surface area contributed by atoms with Gasteiger partial charge < -0.3 is 15.7 Å². The number of rotatable bonds is 1. The molecule has 2 rings (SSSR count). The second kappa shape index (κ2) is 3.67. The molecule has 1 unspecified atom stereocenters. The van der Waals surface area contributed by atoms with E-state index in [-0.39, 0.29) is 29.7 Å². The molecule has 0 spiro atoms. The molecule has 6 heteroatoms. The Morgan fingerprint density at radius 3 is 3.00 bits per heavy atom. The SMILES string of the molecule is Nc1c(N2CC(O)CC2=O)ccnc1Cl. The standard InChI is InChI=1S/C9H10ClN3O2/c10-9-8(11)6(1-2-12-9)13-4-5(14)3-7(13)15/h1-2,5,14H,3-4,11H2. The van der Waals surface area contributed by atoms with Crippen LogP contribution in [-0.4, -0.2) is 28.6 Å². The van der Waals surface area contributed by atoms with E-state index >= 15 is 0 Å². The van der Waals surface area contributed by atoms with Crippen LogP contribution < -0.4 is 10.6 Å². The highest BCUT2D eigenvalue weighted by molar-refractivity contribution is 6.32. The van der Waals surface area contributed by atoms with E-state index in [1.807, 2.05) is 0 Å². The second-order valence-electron chi connectivity index (χ2n) is 3.40. The number of carbonyl (C=O) groups is 1. The lowest BCUT2D eigenvalue weighted by atomic mass is 10.3. The maximum absolute atomic E-state index is 11.5. The summed E-state index contributed by atoms with van der Waals surface area (Å²) in [5.74, 6) is -0.156. The molecule has 0 aliphatic carbocycles. The summed E-state index contributed by atoms with van der Waals surface area (Å²) in [4.78, 5) is 16.7. The summed E-state index contributed by atoms with van der Waals surface area (Å²) in [6, 6.07) is 1.61. The first kappa shape index (κ1) is 10.2. The Balaban J connectivity index is 2.38. The number of nitrogens with zero attached hydrogens (tertiary/aromatic N) is 2. The fourth-order valence-electron chi connectivity index (χ4n) is 1.60. The van der Waals surface area contributed by atoms with Crippen LogP contribution in [0.25, 0.3) is 0 Å². The molecule has 0 aromatic carbocycles. The Hall–Kier alpha value is -1.33. The predicted molar refractivity (Wildman–Crippen MR) is 56.6 cm³/mol. The molecule has 1 aliphatic rings. The topological polar surface area (TPSA) is 79.5 Å². The van der Waals surface area contributed by atoms with E-state index < -0.39 is 6.10 Å². The van der Waals surface area contributed by atoms with Crippen LogP contribution in [0.1, 0.15) is 6.42 Å². The van der Waals surface area contributed by atoms with E-state index in [2.05, 4.69) is 4.98 Å². The molecule has 0 bridgehead atoms. The summed E-state index contributed by atoms with van der Waals surface area (Å²) in [6.45, 7) is 0.253. The molecule has 1 aromatic heterocycles. The summed E-state index contributed by atoms with van der Waals surface area (Å²) >= 11 is 5.74. The van der Waals surface area contributed by atoms with Gasteiger partial charge in [-0.05, 0) is 6.07 Å². The molecule has 1 amide bonds. The number of amides is 1. The fourth-order valence-corrected chi connectivity index (χ4v) is 1.75. The molecule has 3 N–H and O–H groups in total. The average Bonchev–Trinajstić information content (AvgIpc) is 2.50. The molecule has 1 aromatic rings. The van der Waals surface area contributed by atoms with Gasteiger partial charge in [-0.25, -0.2) is 4.98 Å². The Morgan fingerprint density at radius 2 is 2.40 bits per heavy atom. The predicted octanol–water partition coefficient (Wildman–Crippen LogP) is 0.415. The average molecular weight is 228 g/mol. The maximum atomic E-state index is 11.5. The lowest BCUT2D eigenvalue weighted by Gasteiger charge is -2.17. The van der Waals surface area contributed by atoms with E-state index in [0.717, 1.165) is 0 Å².